The fraction of sp³-hybridized carbons (Fsp3) is 0.353. The van der Waals surface area contributed by atoms with Crippen LogP contribution in [0.2, 0.25) is 0 Å². The number of anilines is 2. The van der Waals surface area contributed by atoms with E-state index in [0.717, 1.165) is 17.1 Å². The van der Waals surface area contributed by atoms with Gasteiger partial charge in [-0.2, -0.15) is 0 Å². The SMILES string of the molecule is Cc1cnc(C(=O)N2C[C@H](C(C)C)Nc3ccccc32)cn1. The summed E-state index contributed by atoms with van der Waals surface area (Å²) in [7, 11) is 0. The fourth-order valence-corrected chi connectivity index (χ4v) is 2.58. The molecule has 114 valence electrons. The van der Waals surface area contributed by atoms with E-state index in [4.69, 9.17) is 0 Å². The molecule has 0 aliphatic carbocycles. The Morgan fingerprint density at radius 3 is 2.73 bits per heavy atom. The zero-order valence-corrected chi connectivity index (χ0v) is 13.1. The summed E-state index contributed by atoms with van der Waals surface area (Å²) in [6.45, 7) is 6.79. The molecule has 0 bridgehead atoms. The van der Waals surface area contributed by atoms with Crippen molar-refractivity contribution in [2.75, 3.05) is 16.8 Å². The fourth-order valence-electron chi connectivity index (χ4n) is 2.58. The van der Waals surface area contributed by atoms with Crippen molar-refractivity contribution in [1.82, 2.24) is 9.97 Å². The Balaban J connectivity index is 1.97. The number of carbonyl (C=O) groups excluding carboxylic acids is 1. The molecule has 0 saturated heterocycles. The van der Waals surface area contributed by atoms with E-state index in [9.17, 15) is 4.79 Å². The van der Waals surface area contributed by atoms with Gasteiger partial charge in [-0.1, -0.05) is 26.0 Å². The first-order chi connectivity index (χ1) is 10.6. The van der Waals surface area contributed by atoms with Crippen LogP contribution in [0.25, 0.3) is 0 Å². The lowest BCUT2D eigenvalue weighted by atomic mass is 9.99. The first kappa shape index (κ1) is 14.5. The van der Waals surface area contributed by atoms with Gasteiger partial charge in [0.2, 0.25) is 0 Å². The van der Waals surface area contributed by atoms with E-state index in [1.807, 2.05) is 31.2 Å². The number of hydrogen-bond donors (Lipinski definition) is 1. The van der Waals surface area contributed by atoms with Crippen molar-refractivity contribution in [3.63, 3.8) is 0 Å². The Morgan fingerprint density at radius 2 is 2.05 bits per heavy atom. The van der Waals surface area contributed by atoms with Gasteiger partial charge in [0.25, 0.3) is 5.91 Å². The molecule has 5 heteroatoms. The molecule has 2 aromatic rings. The number of carbonyl (C=O) groups is 1. The molecule has 1 aromatic heterocycles. The van der Waals surface area contributed by atoms with Crippen molar-refractivity contribution in [3.05, 3.63) is 48.0 Å². The molecule has 1 atom stereocenters. The quantitative estimate of drug-likeness (QED) is 0.925. The predicted octanol–water partition coefficient (Wildman–Crippen LogP) is 2.88. The number of para-hydroxylation sites is 2. The van der Waals surface area contributed by atoms with Crippen LogP contribution in [0.1, 0.15) is 30.0 Å². The highest BCUT2D eigenvalue weighted by atomic mass is 16.2. The van der Waals surface area contributed by atoms with E-state index in [0.29, 0.717) is 18.2 Å². The number of benzene rings is 1. The minimum atomic E-state index is -0.105. The van der Waals surface area contributed by atoms with Crippen LogP contribution in [0.15, 0.2) is 36.7 Å². The van der Waals surface area contributed by atoms with Crippen molar-refractivity contribution in [3.8, 4) is 0 Å². The van der Waals surface area contributed by atoms with Crippen molar-refractivity contribution in [2.24, 2.45) is 5.92 Å². The normalized spacial score (nSPS) is 17.1. The number of aryl methyl sites for hydroxylation is 1. The number of nitrogens with zero attached hydrogens (tertiary/aromatic N) is 3. The summed E-state index contributed by atoms with van der Waals surface area (Å²) in [6.07, 6.45) is 3.17. The molecular weight excluding hydrogens is 276 g/mol. The van der Waals surface area contributed by atoms with Crippen molar-refractivity contribution >= 4 is 17.3 Å². The maximum Gasteiger partial charge on any atom is 0.278 e. The Kier molecular flexibility index (Phi) is 3.79. The smallest absolute Gasteiger partial charge is 0.278 e. The highest BCUT2D eigenvalue weighted by Gasteiger charge is 2.30. The van der Waals surface area contributed by atoms with Gasteiger partial charge in [-0.25, -0.2) is 4.98 Å². The molecule has 1 amide bonds. The maximum atomic E-state index is 12.8. The van der Waals surface area contributed by atoms with E-state index < -0.39 is 0 Å². The first-order valence-electron chi connectivity index (χ1n) is 7.52. The van der Waals surface area contributed by atoms with Gasteiger partial charge in [0.15, 0.2) is 0 Å². The minimum absolute atomic E-state index is 0.105. The first-order valence-corrected chi connectivity index (χ1v) is 7.52. The highest BCUT2D eigenvalue weighted by Crippen LogP contribution is 2.32. The topological polar surface area (TPSA) is 58.1 Å². The molecule has 1 aliphatic rings. The summed E-state index contributed by atoms with van der Waals surface area (Å²) >= 11 is 0. The van der Waals surface area contributed by atoms with Crippen LogP contribution in [-0.2, 0) is 0 Å². The van der Waals surface area contributed by atoms with E-state index >= 15 is 0 Å². The number of aromatic nitrogens is 2. The third kappa shape index (κ3) is 2.66. The molecule has 0 fully saturated rings. The van der Waals surface area contributed by atoms with E-state index in [1.165, 1.54) is 0 Å². The summed E-state index contributed by atoms with van der Waals surface area (Å²) in [4.78, 5) is 23.0. The molecule has 0 spiro atoms. The van der Waals surface area contributed by atoms with Crippen molar-refractivity contribution < 1.29 is 4.79 Å². The van der Waals surface area contributed by atoms with Gasteiger partial charge >= 0.3 is 0 Å². The Labute approximate surface area is 130 Å². The zero-order valence-electron chi connectivity index (χ0n) is 13.1. The summed E-state index contributed by atoms with van der Waals surface area (Å²) in [5, 5.41) is 3.51. The molecule has 0 saturated carbocycles. The van der Waals surface area contributed by atoms with Gasteiger partial charge in [-0.15, -0.1) is 0 Å². The second kappa shape index (κ2) is 5.75. The molecule has 0 unspecified atom stereocenters. The van der Waals surface area contributed by atoms with Gasteiger partial charge in [0, 0.05) is 18.8 Å². The lowest BCUT2D eigenvalue weighted by Gasteiger charge is -2.37. The zero-order chi connectivity index (χ0) is 15.7. The molecule has 1 aromatic carbocycles. The largest absolute Gasteiger partial charge is 0.379 e. The average molecular weight is 296 g/mol. The number of amides is 1. The van der Waals surface area contributed by atoms with Crippen LogP contribution in [0, 0.1) is 12.8 Å². The molecule has 1 N–H and O–H groups in total. The van der Waals surface area contributed by atoms with Crippen LogP contribution < -0.4 is 10.2 Å². The molecular formula is C17H20N4O. The third-order valence-electron chi connectivity index (χ3n) is 3.96. The van der Waals surface area contributed by atoms with Crippen LogP contribution in [-0.4, -0.2) is 28.5 Å². The van der Waals surface area contributed by atoms with Crippen molar-refractivity contribution in [1.29, 1.82) is 0 Å². The van der Waals surface area contributed by atoms with Crippen LogP contribution in [0.4, 0.5) is 11.4 Å². The third-order valence-corrected chi connectivity index (χ3v) is 3.96. The molecule has 2 heterocycles. The Hall–Kier alpha value is -2.43. The second-order valence-electron chi connectivity index (χ2n) is 5.97. The van der Waals surface area contributed by atoms with Gasteiger partial charge in [-0.05, 0) is 25.0 Å². The van der Waals surface area contributed by atoms with Crippen LogP contribution in [0.3, 0.4) is 0 Å². The minimum Gasteiger partial charge on any atom is -0.379 e. The van der Waals surface area contributed by atoms with Gasteiger partial charge < -0.3 is 10.2 Å². The average Bonchev–Trinajstić information content (AvgIpc) is 2.53. The number of fused-ring (bicyclic) bond motifs is 1. The summed E-state index contributed by atoms with van der Waals surface area (Å²) in [5.74, 6) is 0.319. The molecule has 1 aliphatic heterocycles. The number of rotatable bonds is 2. The lowest BCUT2D eigenvalue weighted by molar-refractivity contribution is 0.0978. The highest BCUT2D eigenvalue weighted by molar-refractivity contribution is 6.07. The maximum absolute atomic E-state index is 12.8. The molecule has 3 rings (SSSR count). The number of nitrogens with one attached hydrogen (secondary N) is 1. The van der Waals surface area contributed by atoms with E-state index in [2.05, 4.69) is 29.1 Å². The van der Waals surface area contributed by atoms with Crippen molar-refractivity contribution in [2.45, 2.75) is 26.8 Å². The molecule has 22 heavy (non-hydrogen) atoms. The molecule has 0 radical (unpaired) electrons. The van der Waals surface area contributed by atoms with Crippen LogP contribution in [0.5, 0.6) is 0 Å². The lowest BCUT2D eigenvalue weighted by Crippen LogP contribution is -2.47. The molecule has 5 nitrogen and oxygen atoms in total. The Morgan fingerprint density at radius 1 is 1.27 bits per heavy atom. The summed E-state index contributed by atoms with van der Waals surface area (Å²) in [6, 6.07) is 8.10. The number of hydrogen-bond acceptors (Lipinski definition) is 4. The predicted molar refractivity (Wildman–Crippen MR) is 87.1 cm³/mol. The monoisotopic (exact) mass is 296 g/mol. The summed E-state index contributed by atoms with van der Waals surface area (Å²) in [5.41, 5.74) is 3.06. The van der Waals surface area contributed by atoms with Gasteiger partial charge in [-0.3, -0.25) is 9.78 Å². The second-order valence-corrected chi connectivity index (χ2v) is 5.97. The van der Waals surface area contributed by atoms with E-state index in [1.54, 1.807) is 17.3 Å². The van der Waals surface area contributed by atoms with Gasteiger partial charge in [0.05, 0.1) is 23.3 Å². The van der Waals surface area contributed by atoms with Gasteiger partial charge in [0.1, 0.15) is 5.69 Å². The van der Waals surface area contributed by atoms with E-state index in [-0.39, 0.29) is 11.9 Å². The Bertz CT molecular complexity index is 681. The van der Waals surface area contributed by atoms with Crippen LogP contribution >= 0.6 is 0 Å². The summed E-state index contributed by atoms with van der Waals surface area (Å²) < 4.78 is 0. The standard InChI is InChI=1S/C17H20N4O/c1-11(2)15-10-21(16-7-5-4-6-13(16)20-15)17(22)14-9-18-12(3)8-19-14/h4-9,11,15,20H,10H2,1-3H3/t15-/m1/s1.